The molecule has 1 nitrogen and oxygen atoms in total. The average molecular weight is 183 g/mol. The molecule has 1 aromatic carbocycles. The molecule has 2 rings (SSSR count). The van der Waals surface area contributed by atoms with Crippen molar-refractivity contribution in [3.63, 3.8) is 0 Å². The zero-order chi connectivity index (χ0) is 9.26. The molecule has 1 heterocycles. The topological polar surface area (TPSA) is 12.0 Å². The zero-order valence-electron chi connectivity index (χ0n) is 7.19. The van der Waals surface area contributed by atoms with Crippen LogP contribution in [0.15, 0.2) is 18.2 Å². The summed E-state index contributed by atoms with van der Waals surface area (Å²) in [6.45, 7) is 0.581. The molecule has 1 unspecified atom stereocenters. The van der Waals surface area contributed by atoms with Gasteiger partial charge in [0.25, 0.3) is 0 Å². The molecule has 70 valence electrons. The number of rotatable bonds is 0. The van der Waals surface area contributed by atoms with Gasteiger partial charge in [-0.2, -0.15) is 0 Å². The molecule has 1 aromatic rings. The molecular weight excluding hydrogens is 172 g/mol. The molecule has 0 amide bonds. The van der Waals surface area contributed by atoms with Gasteiger partial charge in [0, 0.05) is 24.2 Å². The van der Waals surface area contributed by atoms with Crippen LogP contribution in [-0.4, -0.2) is 12.7 Å². The van der Waals surface area contributed by atoms with Gasteiger partial charge in [0.15, 0.2) is 0 Å². The Morgan fingerprint density at radius 1 is 1.38 bits per heavy atom. The largest absolute Gasteiger partial charge is 0.385 e. The minimum absolute atomic E-state index is 0.189. The van der Waals surface area contributed by atoms with Gasteiger partial charge >= 0.3 is 0 Å². The predicted molar refractivity (Wildman–Crippen MR) is 48.1 cm³/mol. The van der Waals surface area contributed by atoms with Crippen molar-refractivity contribution < 1.29 is 8.78 Å². The van der Waals surface area contributed by atoms with Gasteiger partial charge in [-0.25, -0.2) is 8.78 Å². The monoisotopic (exact) mass is 183 g/mol. The van der Waals surface area contributed by atoms with Crippen molar-refractivity contribution in [2.75, 3.05) is 11.9 Å². The van der Waals surface area contributed by atoms with Crippen LogP contribution in [0, 0.1) is 5.82 Å². The van der Waals surface area contributed by atoms with Crippen molar-refractivity contribution in [3.05, 3.63) is 29.6 Å². The number of hydrogen-bond donors (Lipinski definition) is 1. The summed E-state index contributed by atoms with van der Waals surface area (Å²) in [6.07, 6.45) is -0.283. The Morgan fingerprint density at radius 2 is 2.23 bits per heavy atom. The third-order valence-electron chi connectivity index (χ3n) is 2.32. The number of hydrogen-bond acceptors (Lipinski definition) is 1. The first-order valence-corrected chi connectivity index (χ1v) is 4.42. The van der Waals surface area contributed by atoms with Crippen LogP contribution in [0.1, 0.15) is 12.0 Å². The van der Waals surface area contributed by atoms with Crippen molar-refractivity contribution in [1.29, 1.82) is 0 Å². The van der Waals surface area contributed by atoms with Gasteiger partial charge in [0.2, 0.25) is 0 Å². The van der Waals surface area contributed by atoms with Crippen LogP contribution < -0.4 is 5.32 Å². The number of fused-ring (bicyclic) bond motifs is 1. The molecule has 0 bridgehead atoms. The Labute approximate surface area is 75.8 Å². The van der Waals surface area contributed by atoms with Gasteiger partial charge in [0.05, 0.1) is 0 Å². The fourth-order valence-corrected chi connectivity index (χ4v) is 1.62. The molecule has 1 N–H and O–H groups in total. The number of anilines is 1. The fraction of sp³-hybridized carbons (Fsp3) is 0.400. The van der Waals surface area contributed by atoms with E-state index < -0.39 is 6.17 Å². The lowest BCUT2D eigenvalue weighted by molar-refractivity contribution is 0.320. The predicted octanol–water partition coefficient (Wildman–Crippen LogP) is 2.52. The van der Waals surface area contributed by atoms with Gasteiger partial charge in [-0.05, 0) is 18.6 Å². The van der Waals surface area contributed by atoms with E-state index in [1.165, 1.54) is 6.07 Å². The molecule has 13 heavy (non-hydrogen) atoms. The van der Waals surface area contributed by atoms with E-state index in [0.29, 0.717) is 18.5 Å². The Balaban J connectivity index is 2.40. The number of benzene rings is 1. The summed E-state index contributed by atoms with van der Waals surface area (Å²) in [5, 5.41) is 3.02. The Morgan fingerprint density at radius 3 is 3.08 bits per heavy atom. The molecule has 0 fully saturated rings. The second-order valence-corrected chi connectivity index (χ2v) is 3.28. The van der Waals surface area contributed by atoms with Gasteiger partial charge in [-0.3, -0.25) is 0 Å². The Bertz CT molecular complexity index is 312. The third-order valence-corrected chi connectivity index (χ3v) is 2.32. The average Bonchev–Trinajstić information content (AvgIpc) is 2.28. The molecule has 0 saturated carbocycles. The van der Waals surface area contributed by atoms with E-state index >= 15 is 0 Å². The van der Waals surface area contributed by atoms with Crippen LogP contribution in [0.3, 0.4) is 0 Å². The van der Waals surface area contributed by atoms with Crippen LogP contribution in [0.2, 0.25) is 0 Å². The van der Waals surface area contributed by atoms with E-state index in [1.54, 1.807) is 12.1 Å². The molecule has 0 radical (unpaired) electrons. The summed E-state index contributed by atoms with van der Waals surface area (Å²) in [6, 6.07) is 4.80. The first kappa shape index (κ1) is 8.48. The highest BCUT2D eigenvalue weighted by Crippen LogP contribution is 2.24. The second kappa shape index (κ2) is 3.32. The molecule has 3 heteroatoms. The number of nitrogens with one attached hydrogen (secondary N) is 1. The maximum Gasteiger partial charge on any atom is 0.128 e. The summed E-state index contributed by atoms with van der Waals surface area (Å²) in [7, 11) is 0. The summed E-state index contributed by atoms with van der Waals surface area (Å²) >= 11 is 0. The first-order valence-electron chi connectivity index (χ1n) is 4.42. The normalized spacial score (nSPS) is 21.5. The molecule has 1 atom stereocenters. The third kappa shape index (κ3) is 1.64. The SMILES string of the molecule is Fc1cccc2c1CC(F)CCN2. The maximum absolute atomic E-state index is 13.2. The molecule has 0 saturated heterocycles. The number of halogens is 2. The van der Waals surface area contributed by atoms with E-state index in [-0.39, 0.29) is 12.2 Å². The van der Waals surface area contributed by atoms with Gasteiger partial charge in [-0.1, -0.05) is 6.07 Å². The van der Waals surface area contributed by atoms with Crippen molar-refractivity contribution in [2.24, 2.45) is 0 Å². The molecule has 0 aliphatic carbocycles. The molecule has 1 aliphatic rings. The standard InChI is InChI=1S/C10H11F2N/c11-7-4-5-13-10-3-1-2-9(12)8(10)6-7/h1-3,7,13H,4-6H2. The first-order chi connectivity index (χ1) is 6.27. The van der Waals surface area contributed by atoms with E-state index in [4.69, 9.17) is 0 Å². The van der Waals surface area contributed by atoms with Crippen molar-refractivity contribution in [2.45, 2.75) is 19.0 Å². The smallest absolute Gasteiger partial charge is 0.128 e. The number of alkyl halides is 1. The van der Waals surface area contributed by atoms with E-state index in [1.807, 2.05) is 0 Å². The van der Waals surface area contributed by atoms with Gasteiger partial charge < -0.3 is 5.32 Å². The summed E-state index contributed by atoms with van der Waals surface area (Å²) in [5.74, 6) is -0.311. The lowest BCUT2D eigenvalue weighted by Crippen LogP contribution is -2.05. The van der Waals surface area contributed by atoms with Gasteiger partial charge in [-0.15, -0.1) is 0 Å². The van der Waals surface area contributed by atoms with Gasteiger partial charge in [0.1, 0.15) is 12.0 Å². The Kier molecular flexibility index (Phi) is 2.17. The van der Waals surface area contributed by atoms with Crippen LogP contribution in [-0.2, 0) is 6.42 Å². The highest BCUT2D eigenvalue weighted by atomic mass is 19.1. The Hall–Kier alpha value is -1.12. The summed E-state index contributed by atoms with van der Waals surface area (Å²) in [4.78, 5) is 0. The summed E-state index contributed by atoms with van der Waals surface area (Å²) in [5.41, 5.74) is 1.22. The van der Waals surface area contributed by atoms with Crippen molar-refractivity contribution >= 4 is 5.69 Å². The fourth-order valence-electron chi connectivity index (χ4n) is 1.62. The maximum atomic E-state index is 13.2. The zero-order valence-corrected chi connectivity index (χ0v) is 7.19. The van der Waals surface area contributed by atoms with Crippen LogP contribution in [0.25, 0.3) is 0 Å². The summed E-state index contributed by atoms with van der Waals surface area (Å²) < 4.78 is 26.3. The van der Waals surface area contributed by atoms with E-state index in [0.717, 1.165) is 5.69 Å². The van der Waals surface area contributed by atoms with Crippen molar-refractivity contribution in [1.82, 2.24) is 0 Å². The van der Waals surface area contributed by atoms with Crippen LogP contribution in [0.5, 0.6) is 0 Å². The minimum Gasteiger partial charge on any atom is -0.385 e. The van der Waals surface area contributed by atoms with Crippen LogP contribution >= 0.6 is 0 Å². The van der Waals surface area contributed by atoms with Crippen LogP contribution in [0.4, 0.5) is 14.5 Å². The molecular formula is C10H11F2N. The van der Waals surface area contributed by atoms with Crippen molar-refractivity contribution in [3.8, 4) is 0 Å². The molecule has 1 aliphatic heterocycles. The quantitative estimate of drug-likeness (QED) is 0.651. The highest BCUT2D eigenvalue weighted by molar-refractivity contribution is 5.52. The van der Waals surface area contributed by atoms with E-state index in [9.17, 15) is 8.78 Å². The highest BCUT2D eigenvalue weighted by Gasteiger charge is 2.17. The molecule has 0 aromatic heterocycles. The lowest BCUT2D eigenvalue weighted by Gasteiger charge is -2.07. The minimum atomic E-state index is -0.925. The second-order valence-electron chi connectivity index (χ2n) is 3.28. The molecule has 0 spiro atoms. The van der Waals surface area contributed by atoms with E-state index in [2.05, 4.69) is 5.32 Å². The lowest BCUT2D eigenvalue weighted by atomic mass is 10.1.